The molecule has 0 unspecified atom stereocenters. The molecule has 3 rings (SSSR count). The molecule has 17 heavy (non-hydrogen) atoms. The number of rotatable bonds is 3. The summed E-state index contributed by atoms with van der Waals surface area (Å²) in [6, 6.07) is 8.38. The predicted octanol–water partition coefficient (Wildman–Crippen LogP) is 2.05. The lowest BCUT2D eigenvalue weighted by molar-refractivity contribution is 0.619. The normalized spacial score (nSPS) is 17.1. The van der Waals surface area contributed by atoms with Crippen LogP contribution in [0.1, 0.15) is 18.5 Å². The largest absolute Gasteiger partial charge is 0.325 e. The molecular formula is C13H14FN3. The highest BCUT2D eigenvalue weighted by atomic mass is 19.1. The van der Waals surface area contributed by atoms with Crippen LogP contribution in [0.25, 0.3) is 5.69 Å². The fourth-order valence-electron chi connectivity index (χ4n) is 2.00. The summed E-state index contributed by atoms with van der Waals surface area (Å²) >= 11 is 0. The van der Waals surface area contributed by atoms with Gasteiger partial charge in [0.1, 0.15) is 5.82 Å². The molecule has 1 heterocycles. The van der Waals surface area contributed by atoms with Crippen molar-refractivity contribution in [1.29, 1.82) is 0 Å². The van der Waals surface area contributed by atoms with Crippen molar-refractivity contribution in [3.63, 3.8) is 0 Å². The van der Waals surface area contributed by atoms with E-state index in [-0.39, 0.29) is 11.4 Å². The molecule has 0 spiro atoms. The maximum Gasteiger partial charge on any atom is 0.125 e. The van der Waals surface area contributed by atoms with Crippen LogP contribution in [0.15, 0.2) is 36.5 Å². The Bertz CT molecular complexity index is 543. The summed E-state index contributed by atoms with van der Waals surface area (Å²) in [6.07, 6.45) is 4.64. The number of hydrogen-bond donors (Lipinski definition) is 1. The first-order chi connectivity index (χ1) is 8.16. The van der Waals surface area contributed by atoms with E-state index in [0.29, 0.717) is 0 Å². The lowest BCUT2D eigenvalue weighted by atomic mass is 10.1. The van der Waals surface area contributed by atoms with Crippen molar-refractivity contribution in [2.45, 2.75) is 24.8 Å². The molecule has 1 aromatic carbocycles. The molecule has 1 aromatic heterocycles. The average Bonchev–Trinajstić information content (AvgIpc) is 2.86. The van der Waals surface area contributed by atoms with Crippen LogP contribution in [0.2, 0.25) is 0 Å². The van der Waals surface area contributed by atoms with Gasteiger partial charge in [-0.25, -0.2) is 9.07 Å². The molecule has 3 nitrogen and oxygen atoms in total. The Morgan fingerprint density at radius 3 is 2.88 bits per heavy atom. The molecule has 0 radical (unpaired) electrons. The molecule has 0 aliphatic heterocycles. The second-order valence-electron chi connectivity index (χ2n) is 4.75. The van der Waals surface area contributed by atoms with Crippen LogP contribution in [0.4, 0.5) is 4.39 Å². The molecular weight excluding hydrogens is 217 g/mol. The third-order valence-corrected chi connectivity index (χ3v) is 3.20. The topological polar surface area (TPSA) is 43.8 Å². The summed E-state index contributed by atoms with van der Waals surface area (Å²) in [5, 5.41) is 4.23. The van der Waals surface area contributed by atoms with Crippen LogP contribution in [0.3, 0.4) is 0 Å². The van der Waals surface area contributed by atoms with Gasteiger partial charge in [0, 0.05) is 23.9 Å². The molecule has 2 N–H and O–H groups in total. The molecule has 88 valence electrons. The molecule has 0 amide bonds. The first-order valence-electron chi connectivity index (χ1n) is 5.74. The molecule has 1 aliphatic rings. The van der Waals surface area contributed by atoms with Gasteiger partial charge in [0.2, 0.25) is 0 Å². The first kappa shape index (κ1) is 10.5. The van der Waals surface area contributed by atoms with E-state index in [0.717, 1.165) is 30.6 Å². The molecule has 0 bridgehead atoms. The number of halogens is 1. The zero-order chi connectivity index (χ0) is 11.9. The van der Waals surface area contributed by atoms with Gasteiger partial charge in [0.25, 0.3) is 0 Å². The maximum atomic E-state index is 13.2. The van der Waals surface area contributed by atoms with E-state index in [2.05, 4.69) is 5.10 Å². The van der Waals surface area contributed by atoms with Gasteiger partial charge in [0.05, 0.1) is 5.69 Å². The summed E-state index contributed by atoms with van der Waals surface area (Å²) in [6.45, 7) is 0. The Morgan fingerprint density at radius 2 is 2.18 bits per heavy atom. The van der Waals surface area contributed by atoms with Crippen LogP contribution in [-0.4, -0.2) is 15.3 Å². The van der Waals surface area contributed by atoms with Crippen molar-refractivity contribution in [3.05, 3.63) is 48.0 Å². The number of benzene rings is 1. The van der Waals surface area contributed by atoms with Gasteiger partial charge in [-0.3, -0.25) is 0 Å². The van der Waals surface area contributed by atoms with Crippen molar-refractivity contribution >= 4 is 0 Å². The van der Waals surface area contributed by atoms with Crippen LogP contribution in [0, 0.1) is 5.82 Å². The molecule has 1 aliphatic carbocycles. The maximum absolute atomic E-state index is 13.2. The van der Waals surface area contributed by atoms with Gasteiger partial charge in [-0.05, 0) is 37.1 Å². The molecule has 1 fully saturated rings. The number of aromatic nitrogens is 2. The van der Waals surface area contributed by atoms with Gasteiger partial charge < -0.3 is 5.73 Å². The predicted molar refractivity (Wildman–Crippen MR) is 63.4 cm³/mol. The van der Waals surface area contributed by atoms with Crippen molar-refractivity contribution in [1.82, 2.24) is 9.78 Å². The Kier molecular flexibility index (Phi) is 2.26. The number of nitrogens with zero attached hydrogens (tertiary/aromatic N) is 2. The van der Waals surface area contributed by atoms with E-state index >= 15 is 0 Å². The smallest absolute Gasteiger partial charge is 0.125 e. The van der Waals surface area contributed by atoms with E-state index in [1.807, 2.05) is 12.1 Å². The highest BCUT2D eigenvalue weighted by Gasteiger charge is 2.38. The zero-order valence-corrected chi connectivity index (χ0v) is 9.44. The van der Waals surface area contributed by atoms with E-state index < -0.39 is 0 Å². The van der Waals surface area contributed by atoms with Crippen LogP contribution in [0.5, 0.6) is 0 Å². The monoisotopic (exact) mass is 231 g/mol. The summed E-state index contributed by atoms with van der Waals surface area (Å²) in [7, 11) is 0. The van der Waals surface area contributed by atoms with E-state index in [1.165, 1.54) is 12.1 Å². The lowest BCUT2D eigenvalue weighted by Crippen LogP contribution is -2.25. The summed E-state index contributed by atoms with van der Waals surface area (Å²) in [5.74, 6) is -0.252. The fraction of sp³-hybridized carbons (Fsp3) is 0.308. The summed E-state index contributed by atoms with van der Waals surface area (Å²) in [5.41, 5.74) is 7.82. The lowest BCUT2D eigenvalue weighted by Gasteiger charge is -2.11. The summed E-state index contributed by atoms with van der Waals surface area (Å²) < 4.78 is 14.9. The van der Waals surface area contributed by atoms with E-state index in [1.54, 1.807) is 16.9 Å². The van der Waals surface area contributed by atoms with Crippen molar-refractivity contribution in [3.8, 4) is 5.69 Å². The van der Waals surface area contributed by atoms with Gasteiger partial charge >= 0.3 is 0 Å². The quantitative estimate of drug-likeness (QED) is 0.878. The second-order valence-corrected chi connectivity index (χ2v) is 4.75. The highest BCUT2D eigenvalue weighted by molar-refractivity contribution is 5.33. The third kappa shape index (κ3) is 2.08. The standard InChI is InChI=1S/C13H14FN3/c14-10-2-1-3-11(8-10)17-12(4-7-16-17)9-13(15)5-6-13/h1-4,7-8H,5-6,9,15H2. The van der Waals surface area contributed by atoms with Crippen molar-refractivity contribution < 1.29 is 4.39 Å². The Balaban J connectivity index is 1.95. The first-order valence-corrected chi connectivity index (χ1v) is 5.74. The van der Waals surface area contributed by atoms with Gasteiger partial charge in [-0.2, -0.15) is 5.10 Å². The van der Waals surface area contributed by atoms with Gasteiger partial charge in [-0.1, -0.05) is 6.07 Å². The van der Waals surface area contributed by atoms with Crippen LogP contribution < -0.4 is 5.73 Å². The Hall–Kier alpha value is -1.68. The van der Waals surface area contributed by atoms with E-state index in [4.69, 9.17) is 5.73 Å². The third-order valence-electron chi connectivity index (χ3n) is 3.20. The Morgan fingerprint density at radius 1 is 1.35 bits per heavy atom. The minimum Gasteiger partial charge on any atom is -0.325 e. The second kappa shape index (κ2) is 3.67. The molecule has 0 saturated heterocycles. The van der Waals surface area contributed by atoms with Crippen molar-refractivity contribution in [2.24, 2.45) is 5.73 Å². The molecule has 4 heteroatoms. The van der Waals surface area contributed by atoms with E-state index in [9.17, 15) is 4.39 Å². The number of nitrogens with two attached hydrogens (primary N) is 1. The van der Waals surface area contributed by atoms with Gasteiger partial charge in [-0.15, -0.1) is 0 Å². The molecule has 0 atom stereocenters. The van der Waals surface area contributed by atoms with Crippen LogP contribution >= 0.6 is 0 Å². The minimum atomic E-state index is -0.252. The fourth-order valence-corrected chi connectivity index (χ4v) is 2.00. The highest BCUT2D eigenvalue weighted by Crippen LogP contribution is 2.35. The van der Waals surface area contributed by atoms with Crippen molar-refractivity contribution in [2.75, 3.05) is 0 Å². The average molecular weight is 231 g/mol. The van der Waals surface area contributed by atoms with Crippen LogP contribution in [-0.2, 0) is 6.42 Å². The minimum absolute atomic E-state index is 0.0644. The summed E-state index contributed by atoms with van der Waals surface area (Å²) in [4.78, 5) is 0. The SMILES string of the molecule is NC1(Cc2ccnn2-c2cccc(F)c2)CC1. The molecule has 2 aromatic rings. The number of hydrogen-bond acceptors (Lipinski definition) is 2. The molecule has 1 saturated carbocycles. The zero-order valence-electron chi connectivity index (χ0n) is 9.44. The van der Waals surface area contributed by atoms with Gasteiger partial charge in [0.15, 0.2) is 0 Å². The Labute approximate surface area is 99.1 Å².